The highest BCUT2D eigenvalue weighted by molar-refractivity contribution is 5.75. The summed E-state index contributed by atoms with van der Waals surface area (Å²) in [5.41, 5.74) is -0.915. The summed E-state index contributed by atoms with van der Waals surface area (Å²) < 4.78 is 5.86. The van der Waals surface area contributed by atoms with Gasteiger partial charge in [-0.3, -0.25) is 4.79 Å². The minimum absolute atomic E-state index is 0.255. The Hall–Kier alpha value is -0.650. The molecule has 0 amide bonds. The number of ether oxygens (including phenoxy) is 1. The van der Waals surface area contributed by atoms with E-state index in [1.165, 1.54) is 0 Å². The molecule has 21 heavy (non-hydrogen) atoms. The van der Waals surface area contributed by atoms with Crippen LogP contribution in [0.3, 0.4) is 0 Å². The van der Waals surface area contributed by atoms with Crippen molar-refractivity contribution in [1.82, 2.24) is 4.90 Å². The predicted octanol–water partition coefficient (Wildman–Crippen LogP) is 2.13. The Morgan fingerprint density at radius 3 is 2.48 bits per heavy atom. The Labute approximate surface area is 128 Å². The summed E-state index contributed by atoms with van der Waals surface area (Å²) in [7, 11) is 0. The molecule has 0 saturated carbocycles. The minimum atomic E-state index is -0.915. The lowest BCUT2D eigenvalue weighted by Gasteiger charge is -2.37. The molecule has 124 valence electrons. The smallest absolute Gasteiger partial charge is 0.312 e. The molecular weight excluding hydrogens is 270 g/mol. The van der Waals surface area contributed by atoms with Crippen molar-refractivity contribution < 1.29 is 19.7 Å². The van der Waals surface area contributed by atoms with E-state index in [1.807, 2.05) is 0 Å². The van der Waals surface area contributed by atoms with Crippen molar-refractivity contribution in [2.75, 3.05) is 32.8 Å². The molecule has 1 aliphatic heterocycles. The van der Waals surface area contributed by atoms with Crippen molar-refractivity contribution in [2.45, 2.75) is 58.5 Å². The van der Waals surface area contributed by atoms with Gasteiger partial charge in [-0.25, -0.2) is 0 Å². The van der Waals surface area contributed by atoms with E-state index >= 15 is 0 Å². The summed E-state index contributed by atoms with van der Waals surface area (Å²) >= 11 is 0. The summed E-state index contributed by atoms with van der Waals surface area (Å²) in [6.45, 7) is 7.30. The molecule has 1 unspecified atom stereocenters. The zero-order valence-corrected chi connectivity index (χ0v) is 13.5. The fourth-order valence-corrected chi connectivity index (χ4v) is 2.91. The second kappa shape index (κ2) is 9.38. The number of nitrogens with zero attached hydrogens (tertiary/aromatic N) is 1. The number of piperidine rings is 1. The number of carboxylic acids is 1. The number of rotatable bonds is 10. The normalized spacial score (nSPS) is 20.3. The molecule has 1 atom stereocenters. The maximum Gasteiger partial charge on any atom is 0.312 e. The maximum atomic E-state index is 11.2. The van der Waals surface area contributed by atoms with Gasteiger partial charge in [0, 0.05) is 13.2 Å². The first-order chi connectivity index (χ1) is 10.1. The van der Waals surface area contributed by atoms with Crippen molar-refractivity contribution >= 4 is 5.97 Å². The van der Waals surface area contributed by atoms with Crippen molar-refractivity contribution in [3.8, 4) is 0 Å². The van der Waals surface area contributed by atoms with Crippen LogP contribution in [0.4, 0.5) is 0 Å². The van der Waals surface area contributed by atoms with E-state index in [-0.39, 0.29) is 6.61 Å². The molecule has 0 aliphatic carbocycles. The van der Waals surface area contributed by atoms with E-state index < -0.39 is 11.4 Å². The quantitative estimate of drug-likeness (QED) is 0.605. The molecule has 5 heteroatoms. The van der Waals surface area contributed by atoms with Gasteiger partial charge in [-0.15, -0.1) is 0 Å². The van der Waals surface area contributed by atoms with Crippen LogP contribution < -0.4 is 0 Å². The largest absolute Gasteiger partial charge is 0.481 e. The lowest BCUT2D eigenvalue weighted by atomic mass is 9.79. The predicted molar refractivity (Wildman–Crippen MR) is 82.4 cm³/mol. The van der Waals surface area contributed by atoms with Crippen molar-refractivity contribution in [2.24, 2.45) is 5.41 Å². The lowest BCUT2D eigenvalue weighted by Crippen LogP contribution is -2.46. The van der Waals surface area contributed by atoms with Gasteiger partial charge in [0.05, 0.1) is 18.1 Å². The molecular formula is C16H31NO4. The third kappa shape index (κ3) is 5.57. The molecule has 0 radical (unpaired) electrons. The first-order valence-electron chi connectivity index (χ1n) is 8.26. The van der Waals surface area contributed by atoms with Crippen LogP contribution >= 0.6 is 0 Å². The molecule has 5 nitrogen and oxygen atoms in total. The molecule has 0 aromatic carbocycles. The van der Waals surface area contributed by atoms with E-state index in [9.17, 15) is 15.0 Å². The number of aliphatic carboxylic acids is 1. The van der Waals surface area contributed by atoms with Crippen LogP contribution in [-0.2, 0) is 9.53 Å². The Kier molecular flexibility index (Phi) is 8.22. The molecule has 2 N–H and O–H groups in total. The highest BCUT2D eigenvalue weighted by Crippen LogP contribution is 2.31. The van der Waals surface area contributed by atoms with Gasteiger partial charge in [-0.05, 0) is 45.2 Å². The summed E-state index contributed by atoms with van der Waals surface area (Å²) in [5, 5.41) is 18.6. The second-order valence-corrected chi connectivity index (χ2v) is 6.13. The van der Waals surface area contributed by atoms with Gasteiger partial charge >= 0.3 is 5.97 Å². The van der Waals surface area contributed by atoms with E-state index in [4.69, 9.17) is 4.74 Å². The monoisotopic (exact) mass is 301 g/mol. The van der Waals surface area contributed by atoms with E-state index in [2.05, 4.69) is 18.7 Å². The van der Waals surface area contributed by atoms with Gasteiger partial charge in [0.25, 0.3) is 0 Å². The minimum Gasteiger partial charge on any atom is -0.481 e. The van der Waals surface area contributed by atoms with Gasteiger partial charge in [0.2, 0.25) is 0 Å². The van der Waals surface area contributed by atoms with E-state index in [1.54, 1.807) is 0 Å². The third-order valence-corrected chi connectivity index (χ3v) is 4.61. The SMILES string of the molecule is CCCC(CC)OCCCN1CCC(CO)(C(=O)O)CC1. The van der Waals surface area contributed by atoms with Crippen LogP contribution in [0.5, 0.6) is 0 Å². The van der Waals surface area contributed by atoms with Crippen LogP contribution in [0.1, 0.15) is 52.4 Å². The number of hydrogen-bond donors (Lipinski definition) is 2. The number of likely N-dealkylation sites (tertiary alicyclic amines) is 1. The molecule has 0 bridgehead atoms. The molecule has 0 aromatic heterocycles. The first kappa shape index (κ1) is 18.4. The van der Waals surface area contributed by atoms with Crippen molar-refractivity contribution in [3.63, 3.8) is 0 Å². The van der Waals surface area contributed by atoms with Crippen LogP contribution in [0.15, 0.2) is 0 Å². The standard InChI is InChI=1S/C16H31NO4/c1-3-6-14(4-2)21-12-5-9-17-10-7-16(13-18,8-11-17)15(19)20/h14,18H,3-13H2,1-2H3,(H,19,20). The van der Waals surface area contributed by atoms with Crippen molar-refractivity contribution in [1.29, 1.82) is 0 Å². The van der Waals surface area contributed by atoms with Crippen molar-refractivity contribution in [3.05, 3.63) is 0 Å². The highest BCUT2D eigenvalue weighted by Gasteiger charge is 2.40. The van der Waals surface area contributed by atoms with Crippen LogP contribution in [0, 0.1) is 5.41 Å². The fourth-order valence-electron chi connectivity index (χ4n) is 2.91. The lowest BCUT2D eigenvalue weighted by molar-refractivity contribution is -0.155. The highest BCUT2D eigenvalue weighted by atomic mass is 16.5. The molecule has 0 spiro atoms. The molecule has 1 saturated heterocycles. The number of hydrogen-bond acceptors (Lipinski definition) is 4. The maximum absolute atomic E-state index is 11.2. The Balaban J connectivity index is 2.20. The van der Waals surface area contributed by atoms with Gasteiger partial charge in [-0.2, -0.15) is 0 Å². The average molecular weight is 301 g/mol. The topological polar surface area (TPSA) is 70.0 Å². The zero-order valence-electron chi connectivity index (χ0n) is 13.5. The van der Waals surface area contributed by atoms with Gasteiger partial charge in [0.15, 0.2) is 0 Å². The molecule has 1 heterocycles. The number of aliphatic hydroxyl groups excluding tert-OH is 1. The Morgan fingerprint density at radius 1 is 1.33 bits per heavy atom. The average Bonchev–Trinajstić information content (AvgIpc) is 2.50. The zero-order chi connectivity index (χ0) is 15.7. The van der Waals surface area contributed by atoms with Gasteiger partial charge in [-0.1, -0.05) is 20.3 Å². The molecule has 1 fully saturated rings. The summed E-state index contributed by atoms with van der Waals surface area (Å²) in [5.74, 6) is -0.863. The summed E-state index contributed by atoms with van der Waals surface area (Å²) in [6, 6.07) is 0. The summed E-state index contributed by atoms with van der Waals surface area (Å²) in [4.78, 5) is 13.5. The number of carbonyl (C=O) groups is 1. The first-order valence-corrected chi connectivity index (χ1v) is 8.26. The summed E-state index contributed by atoms with van der Waals surface area (Å²) in [6.07, 6.45) is 5.78. The fraction of sp³-hybridized carbons (Fsp3) is 0.938. The van der Waals surface area contributed by atoms with E-state index in [0.29, 0.717) is 18.9 Å². The van der Waals surface area contributed by atoms with Gasteiger partial charge in [0.1, 0.15) is 0 Å². The number of carboxylic acid groups (broad SMARTS) is 1. The third-order valence-electron chi connectivity index (χ3n) is 4.61. The van der Waals surface area contributed by atoms with Gasteiger partial charge < -0.3 is 19.8 Å². The number of aliphatic hydroxyl groups is 1. The van der Waals surface area contributed by atoms with Crippen LogP contribution in [-0.4, -0.2) is 60.0 Å². The second-order valence-electron chi connectivity index (χ2n) is 6.13. The Morgan fingerprint density at radius 2 is 2.00 bits per heavy atom. The molecule has 1 rings (SSSR count). The van der Waals surface area contributed by atoms with Crippen LogP contribution in [0.2, 0.25) is 0 Å². The molecule has 1 aliphatic rings. The van der Waals surface area contributed by atoms with Crippen LogP contribution in [0.25, 0.3) is 0 Å². The van der Waals surface area contributed by atoms with E-state index in [0.717, 1.165) is 51.9 Å². The molecule has 0 aromatic rings. The Bertz CT molecular complexity index is 301.